The second kappa shape index (κ2) is 1.79. The normalized spacial score (nSPS) is 36.4. The van der Waals surface area contributed by atoms with Gasteiger partial charge in [0.25, 0.3) is 5.24 Å². The van der Waals surface area contributed by atoms with Crippen LogP contribution in [0.4, 0.5) is 9.59 Å². The van der Waals surface area contributed by atoms with Crippen molar-refractivity contribution in [2.75, 3.05) is 0 Å². The van der Waals surface area contributed by atoms with E-state index in [1.54, 1.807) is 0 Å². The van der Waals surface area contributed by atoms with E-state index < -0.39 is 0 Å². The van der Waals surface area contributed by atoms with Gasteiger partial charge in [-0.1, -0.05) is 0 Å². The Morgan fingerprint density at radius 1 is 1.20 bits per heavy atom. The second-order valence-electron chi connectivity index (χ2n) is 2.07. The van der Waals surface area contributed by atoms with Gasteiger partial charge in [-0.3, -0.25) is 4.79 Å². The average molecular weight is 159 g/mol. The summed E-state index contributed by atoms with van der Waals surface area (Å²) < 4.78 is 0. The van der Waals surface area contributed by atoms with Gasteiger partial charge in [0, 0.05) is 0 Å². The topological polar surface area (TPSA) is 70.2 Å². The van der Waals surface area contributed by atoms with Gasteiger partial charge in [-0.2, -0.15) is 0 Å². The summed E-state index contributed by atoms with van der Waals surface area (Å²) in [5, 5.41) is 7.48. The molecule has 3 amide bonds. The van der Waals surface area contributed by atoms with E-state index in [-0.39, 0.29) is 22.8 Å². The van der Waals surface area contributed by atoms with Gasteiger partial charge >= 0.3 is 6.03 Å². The number of hydrogen-bond acceptors (Lipinski definition) is 3. The van der Waals surface area contributed by atoms with Crippen molar-refractivity contribution in [2.24, 2.45) is 0 Å². The van der Waals surface area contributed by atoms with E-state index in [0.717, 1.165) is 11.8 Å². The molecule has 0 radical (unpaired) electrons. The second-order valence-corrected chi connectivity index (χ2v) is 3.18. The van der Waals surface area contributed by atoms with Crippen molar-refractivity contribution < 1.29 is 9.59 Å². The smallest absolute Gasteiger partial charge is 0.317 e. The maximum Gasteiger partial charge on any atom is 0.317 e. The van der Waals surface area contributed by atoms with Crippen LogP contribution in [-0.4, -0.2) is 22.8 Å². The monoisotopic (exact) mass is 159 g/mol. The predicted octanol–water partition coefficient (Wildman–Crippen LogP) is -0.592. The highest BCUT2D eigenvalue weighted by molar-refractivity contribution is 8.14. The standard InChI is InChI=1S/C4H5N3O2S/c8-3-5-1-2(7-3)10-4(9)6-1/h1-2H,(H,6,9)(H2,5,7,8). The zero-order valence-electron chi connectivity index (χ0n) is 4.88. The first-order valence-electron chi connectivity index (χ1n) is 2.80. The Hall–Kier alpha value is -0.910. The number of rotatable bonds is 0. The van der Waals surface area contributed by atoms with Crippen LogP contribution in [0.5, 0.6) is 0 Å². The SMILES string of the molecule is O=C1NC2NC(=O)SC2N1. The van der Waals surface area contributed by atoms with Crippen LogP contribution >= 0.6 is 11.8 Å². The summed E-state index contributed by atoms with van der Waals surface area (Å²) in [6.45, 7) is 0. The van der Waals surface area contributed by atoms with E-state index >= 15 is 0 Å². The van der Waals surface area contributed by atoms with Gasteiger partial charge < -0.3 is 16.0 Å². The molecule has 2 heterocycles. The van der Waals surface area contributed by atoms with Gasteiger partial charge in [0.05, 0.1) is 0 Å². The van der Waals surface area contributed by atoms with Crippen LogP contribution < -0.4 is 16.0 Å². The van der Waals surface area contributed by atoms with Crippen molar-refractivity contribution in [3.05, 3.63) is 0 Å². The molecule has 10 heavy (non-hydrogen) atoms. The molecule has 2 aliphatic rings. The molecule has 2 atom stereocenters. The minimum absolute atomic E-state index is 0.0949. The lowest BCUT2D eigenvalue weighted by Gasteiger charge is -2.02. The molecule has 5 nitrogen and oxygen atoms in total. The number of carbonyl (C=O) groups is 2. The summed E-state index contributed by atoms with van der Waals surface area (Å²) in [6.07, 6.45) is -0.218. The van der Waals surface area contributed by atoms with E-state index in [1.807, 2.05) is 0 Å². The Kier molecular flexibility index (Phi) is 1.04. The molecule has 0 bridgehead atoms. The molecule has 3 N–H and O–H groups in total. The van der Waals surface area contributed by atoms with E-state index in [9.17, 15) is 9.59 Å². The zero-order valence-corrected chi connectivity index (χ0v) is 5.70. The number of fused-ring (bicyclic) bond motifs is 1. The zero-order chi connectivity index (χ0) is 7.14. The molecule has 2 rings (SSSR count). The van der Waals surface area contributed by atoms with E-state index in [1.165, 1.54) is 0 Å². The molecule has 0 aromatic heterocycles. The Morgan fingerprint density at radius 3 is 2.70 bits per heavy atom. The van der Waals surface area contributed by atoms with Crippen molar-refractivity contribution in [1.29, 1.82) is 0 Å². The Morgan fingerprint density at radius 2 is 2.00 bits per heavy atom. The number of carbonyl (C=O) groups excluding carboxylic acids is 2. The van der Waals surface area contributed by atoms with E-state index in [4.69, 9.17) is 0 Å². The number of nitrogens with one attached hydrogen (secondary N) is 3. The Labute approximate surface area is 60.9 Å². The largest absolute Gasteiger partial charge is 0.324 e. The van der Waals surface area contributed by atoms with Crippen molar-refractivity contribution in [2.45, 2.75) is 11.5 Å². The molecule has 2 aliphatic heterocycles. The maximum atomic E-state index is 10.6. The molecule has 54 valence electrons. The molecular formula is C4H5N3O2S. The molecule has 0 aromatic carbocycles. The minimum Gasteiger partial charge on any atom is -0.324 e. The summed E-state index contributed by atoms with van der Waals surface area (Å²) in [4.78, 5) is 21.2. The molecule has 6 heteroatoms. The Balaban J connectivity index is 2.12. The first-order chi connectivity index (χ1) is 4.75. The third kappa shape index (κ3) is 0.722. The summed E-state index contributed by atoms with van der Waals surface area (Å²) in [5.41, 5.74) is 0. The quantitative estimate of drug-likeness (QED) is 0.442. The molecule has 0 spiro atoms. The van der Waals surface area contributed by atoms with Gasteiger partial charge in [-0.05, 0) is 11.8 Å². The van der Waals surface area contributed by atoms with Crippen LogP contribution in [0.1, 0.15) is 0 Å². The molecular weight excluding hydrogens is 154 g/mol. The summed E-state index contributed by atoms with van der Waals surface area (Å²) in [5.74, 6) is 0. The summed E-state index contributed by atoms with van der Waals surface area (Å²) >= 11 is 1.10. The molecule has 2 fully saturated rings. The summed E-state index contributed by atoms with van der Waals surface area (Å²) in [6, 6.07) is -0.220. The molecule has 0 saturated carbocycles. The number of amides is 3. The number of hydrogen-bond donors (Lipinski definition) is 3. The molecule has 0 aliphatic carbocycles. The van der Waals surface area contributed by atoms with Gasteiger partial charge in [0.1, 0.15) is 11.5 Å². The van der Waals surface area contributed by atoms with E-state index in [2.05, 4.69) is 16.0 Å². The number of urea groups is 1. The van der Waals surface area contributed by atoms with Crippen molar-refractivity contribution in [1.82, 2.24) is 16.0 Å². The predicted molar refractivity (Wildman–Crippen MR) is 35.4 cm³/mol. The highest BCUT2D eigenvalue weighted by atomic mass is 32.2. The lowest BCUT2D eigenvalue weighted by Crippen LogP contribution is -2.39. The van der Waals surface area contributed by atoms with Crippen LogP contribution in [0.25, 0.3) is 0 Å². The lowest BCUT2D eigenvalue weighted by molar-refractivity contribution is 0.245. The average Bonchev–Trinajstić information content (AvgIpc) is 2.21. The third-order valence-corrected chi connectivity index (χ3v) is 2.35. The van der Waals surface area contributed by atoms with Crippen molar-refractivity contribution >= 4 is 23.0 Å². The fourth-order valence-electron chi connectivity index (χ4n) is 0.957. The van der Waals surface area contributed by atoms with Crippen LogP contribution in [0.3, 0.4) is 0 Å². The van der Waals surface area contributed by atoms with Gasteiger partial charge in [0.15, 0.2) is 0 Å². The first kappa shape index (κ1) is 5.84. The molecule has 2 saturated heterocycles. The van der Waals surface area contributed by atoms with Crippen molar-refractivity contribution in [3.8, 4) is 0 Å². The van der Waals surface area contributed by atoms with E-state index in [0.29, 0.717) is 0 Å². The Bertz CT molecular complexity index is 169. The van der Waals surface area contributed by atoms with Crippen LogP contribution in [0.2, 0.25) is 0 Å². The lowest BCUT2D eigenvalue weighted by atomic mass is 10.5. The number of thioether (sulfide) groups is 1. The van der Waals surface area contributed by atoms with Gasteiger partial charge in [-0.15, -0.1) is 0 Å². The van der Waals surface area contributed by atoms with Crippen molar-refractivity contribution in [3.63, 3.8) is 0 Å². The highest BCUT2D eigenvalue weighted by Crippen LogP contribution is 2.21. The van der Waals surface area contributed by atoms with Crippen LogP contribution in [0.15, 0.2) is 0 Å². The van der Waals surface area contributed by atoms with Crippen LogP contribution in [-0.2, 0) is 0 Å². The van der Waals surface area contributed by atoms with Gasteiger partial charge in [0.2, 0.25) is 0 Å². The fraction of sp³-hybridized carbons (Fsp3) is 0.500. The van der Waals surface area contributed by atoms with Gasteiger partial charge in [-0.25, -0.2) is 4.79 Å². The molecule has 0 aromatic rings. The summed E-state index contributed by atoms with van der Waals surface area (Å²) in [7, 11) is 0. The fourth-order valence-corrected chi connectivity index (χ4v) is 1.82. The molecule has 2 unspecified atom stereocenters. The first-order valence-corrected chi connectivity index (χ1v) is 3.68. The minimum atomic E-state index is -0.220. The maximum absolute atomic E-state index is 10.6. The third-order valence-electron chi connectivity index (χ3n) is 1.37. The van der Waals surface area contributed by atoms with Crippen LogP contribution in [0, 0.1) is 0 Å². The highest BCUT2D eigenvalue weighted by Gasteiger charge is 2.40.